The fourth-order valence-corrected chi connectivity index (χ4v) is 2.71. The average Bonchev–Trinajstić information content (AvgIpc) is 2.73. The molecule has 0 spiro atoms. The van der Waals surface area contributed by atoms with Gasteiger partial charge < -0.3 is 11.1 Å². The van der Waals surface area contributed by atoms with E-state index in [2.05, 4.69) is 30.6 Å². The van der Waals surface area contributed by atoms with Gasteiger partial charge in [0, 0.05) is 17.3 Å². The van der Waals surface area contributed by atoms with Crippen molar-refractivity contribution in [3.8, 4) is 0 Å². The topological polar surface area (TPSA) is 55.1 Å². The number of rotatable bonds is 7. The molecule has 0 bridgehead atoms. The summed E-state index contributed by atoms with van der Waals surface area (Å²) in [5, 5.41) is 5.01. The van der Waals surface area contributed by atoms with Crippen LogP contribution < -0.4 is 11.1 Å². The first-order valence-electron chi connectivity index (χ1n) is 6.24. The van der Waals surface area contributed by atoms with Crippen molar-refractivity contribution < 1.29 is 4.79 Å². The lowest BCUT2D eigenvalue weighted by molar-refractivity contribution is -0.121. The predicted octanol–water partition coefficient (Wildman–Crippen LogP) is 2.44. The van der Waals surface area contributed by atoms with Gasteiger partial charge in [0.25, 0.3) is 0 Å². The summed E-state index contributed by atoms with van der Waals surface area (Å²) in [4.78, 5) is 12.9. The van der Waals surface area contributed by atoms with Crippen LogP contribution in [0.25, 0.3) is 0 Å². The lowest BCUT2D eigenvalue weighted by atomic mass is 10.1. The van der Waals surface area contributed by atoms with Crippen molar-refractivity contribution >= 4 is 17.2 Å². The van der Waals surface area contributed by atoms with Gasteiger partial charge in [-0.1, -0.05) is 20.3 Å². The molecule has 17 heavy (non-hydrogen) atoms. The first-order valence-corrected chi connectivity index (χ1v) is 7.12. The monoisotopic (exact) mass is 254 g/mol. The zero-order valence-corrected chi connectivity index (χ0v) is 11.5. The van der Waals surface area contributed by atoms with Gasteiger partial charge in [0.1, 0.15) is 0 Å². The second-order valence-corrected chi connectivity index (χ2v) is 5.25. The quantitative estimate of drug-likeness (QED) is 0.785. The number of nitrogens with one attached hydrogen (secondary N) is 1. The number of nitrogens with two attached hydrogens (primary N) is 1. The molecule has 0 aliphatic rings. The van der Waals surface area contributed by atoms with E-state index in [4.69, 9.17) is 5.73 Å². The van der Waals surface area contributed by atoms with E-state index in [1.165, 1.54) is 10.4 Å². The number of amides is 1. The number of hydrogen-bond acceptors (Lipinski definition) is 3. The van der Waals surface area contributed by atoms with Gasteiger partial charge in [0.15, 0.2) is 0 Å². The van der Waals surface area contributed by atoms with Gasteiger partial charge >= 0.3 is 0 Å². The van der Waals surface area contributed by atoms with Crippen LogP contribution in [-0.4, -0.2) is 11.9 Å². The van der Waals surface area contributed by atoms with Crippen LogP contribution >= 0.6 is 11.3 Å². The highest BCUT2D eigenvalue weighted by atomic mass is 32.1. The molecule has 1 heterocycles. The molecule has 3 N–H and O–H groups in total. The van der Waals surface area contributed by atoms with Gasteiger partial charge in [-0.2, -0.15) is 0 Å². The van der Waals surface area contributed by atoms with Crippen molar-refractivity contribution in [2.24, 2.45) is 5.73 Å². The first kappa shape index (κ1) is 14.2. The molecule has 0 fully saturated rings. The van der Waals surface area contributed by atoms with Crippen LogP contribution in [0.3, 0.4) is 0 Å². The molecule has 1 aromatic rings. The molecule has 3 nitrogen and oxygen atoms in total. The van der Waals surface area contributed by atoms with Gasteiger partial charge in [-0.05, 0) is 29.9 Å². The molecular formula is C13H22N2OS. The van der Waals surface area contributed by atoms with Crippen molar-refractivity contribution in [2.75, 3.05) is 0 Å². The molecule has 0 saturated heterocycles. The third-order valence-electron chi connectivity index (χ3n) is 2.77. The smallest absolute Gasteiger partial charge is 0.221 e. The van der Waals surface area contributed by atoms with Crippen LogP contribution in [0.2, 0.25) is 0 Å². The van der Waals surface area contributed by atoms with E-state index in [-0.39, 0.29) is 11.9 Å². The standard InChI is InChI=1S/C13H22N2OS/c1-3-5-11(14)8-13(16)15-9-12-10(4-2)6-7-17-12/h6-7,11H,3-5,8-9,14H2,1-2H3,(H,15,16). The Morgan fingerprint density at radius 1 is 1.53 bits per heavy atom. The maximum Gasteiger partial charge on any atom is 0.221 e. The van der Waals surface area contributed by atoms with E-state index < -0.39 is 0 Å². The molecular weight excluding hydrogens is 232 g/mol. The Morgan fingerprint density at radius 2 is 2.29 bits per heavy atom. The van der Waals surface area contributed by atoms with Crippen molar-refractivity contribution in [2.45, 2.75) is 52.1 Å². The van der Waals surface area contributed by atoms with Crippen molar-refractivity contribution in [1.29, 1.82) is 0 Å². The molecule has 4 heteroatoms. The van der Waals surface area contributed by atoms with Crippen LogP contribution in [0.4, 0.5) is 0 Å². The molecule has 1 amide bonds. The van der Waals surface area contributed by atoms with Crippen molar-refractivity contribution in [3.63, 3.8) is 0 Å². The number of aryl methyl sites for hydroxylation is 1. The van der Waals surface area contributed by atoms with Crippen LogP contribution in [0, 0.1) is 0 Å². The Labute approximate surface area is 107 Å². The molecule has 0 aliphatic heterocycles. The number of thiophene rings is 1. The fourth-order valence-electron chi connectivity index (χ4n) is 1.80. The molecule has 96 valence electrons. The van der Waals surface area contributed by atoms with Crippen LogP contribution in [0.15, 0.2) is 11.4 Å². The normalized spacial score (nSPS) is 12.4. The maximum absolute atomic E-state index is 11.6. The summed E-state index contributed by atoms with van der Waals surface area (Å²) in [7, 11) is 0. The van der Waals surface area contributed by atoms with Crippen molar-refractivity contribution in [3.05, 3.63) is 21.9 Å². The van der Waals surface area contributed by atoms with Gasteiger partial charge in [-0.25, -0.2) is 0 Å². The van der Waals surface area contributed by atoms with E-state index in [0.29, 0.717) is 13.0 Å². The Morgan fingerprint density at radius 3 is 2.94 bits per heavy atom. The van der Waals surface area contributed by atoms with Crippen molar-refractivity contribution in [1.82, 2.24) is 5.32 Å². The Kier molecular flexibility index (Phi) is 6.22. The molecule has 0 radical (unpaired) electrons. The van der Waals surface area contributed by atoms with Gasteiger partial charge in [-0.3, -0.25) is 4.79 Å². The molecule has 1 aromatic heterocycles. The Balaban J connectivity index is 2.33. The molecule has 1 atom stereocenters. The summed E-state index contributed by atoms with van der Waals surface area (Å²) in [5.74, 6) is 0.0569. The van der Waals surface area contributed by atoms with E-state index in [1.54, 1.807) is 11.3 Å². The first-order chi connectivity index (χ1) is 8.17. The average molecular weight is 254 g/mol. The lowest BCUT2D eigenvalue weighted by Crippen LogP contribution is -2.31. The minimum atomic E-state index is -0.00557. The number of hydrogen-bond donors (Lipinski definition) is 2. The van der Waals surface area contributed by atoms with Gasteiger partial charge in [0.05, 0.1) is 6.54 Å². The van der Waals surface area contributed by atoms with E-state index in [9.17, 15) is 4.79 Å². The summed E-state index contributed by atoms with van der Waals surface area (Å²) in [6, 6.07) is 2.11. The van der Waals surface area contributed by atoms with Crippen LogP contribution in [0.5, 0.6) is 0 Å². The Hall–Kier alpha value is -0.870. The number of carbonyl (C=O) groups excluding carboxylic acids is 1. The third kappa shape index (κ3) is 4.88. The maximum atomic E-state index is 11.6. The largest absolute Gasteiger partial charge is 0.351 e. The summed E-state index contributed by atoms with van der Waals surface area (Å²) in [5.41, 5.74) is 7.16. The van der Waals surface area contributed by atoms with Gasteiger partial charge in [0.2, 0.25) is 5.91 Å². The second-order valence-electron chi connectivity index (χ2n) is 4.25. The van der Waals surface area contributed by atoms with E-state index >= 15 is 0 Å². The van der Waals surface area contributed by atoms with Crippen LogP contribution in [-0.2, 0) is 17.8 Å². The predicted molar refractivity (Wildman–Crippen MR) is 73.0 cm³/mol. The molecule has 0 aromatic carbocycles. The highest BCUT2D eigenvalue weighted by Crippen LogP contribution is 2.16. The van der Waals surface area contributed by atoms with E-state index in [0.717, 1.165) is 19.3 Å². The minimum Gasteiger partial charge on any atom is -0.351 e. The molecule has 0 aliphatic carbocycles. The SMILES string of the molecule is CCCC(N)CC(=O)NCc1sccc1CC. The van der Waals surface area contributed by atoms with E-state index in [1.807, 2.05) is 0 Å². The highest BCUT2D eigenvalue weighted by Gasteiger charge is 2.09. The zero-order valence-electron chi connectivity index (χ0n) is 10.7. The van der Waals surface area contributed by atoms with Gasteiger partial charge in [-0.15, -0.1) is 11.3 Å². The molecule has 1 unspecified atom stereocenters. The summed E-state index contributed by atoms with van der Waals surface area (Å²) >= 11 is 1.70. The highest BCUT2D eigenvalue weighted by molar-refractivity contribution is 7.10. The molecule has 1 rings (SSSR count). The fraction of sp³-hybridized carbons (Fsp3) is 0.615. The molecule has 0 saturated carbocycles. The number of carbonyl (C=O) groups is 1. The summed E-state index contributed by atoms with van der Waals surface area (Å²) in [6.45, 7) is 4.85. The van der Waals surface area contributed by atoms with Crippen LogP contribution in [0.1, 0.15) is 43.6 Å². The lowest BCUT2D eigenvalue weighted by Gasteiger charge is -2.10. The minimum absolute atomic E-state index is 0.00557. The Bertz CT molecular complexity index is 349. The third-order valence-corrected chi connectivity index (χ3v) is 3.73. The summed E-state index contributed by atoms with van der Waals surface area (Å²) < 4.78 is 0. The second kappa shape index (κ2) is 7.45. The summed E-state index contributed by atoms with van der Waals surface area (Å²) in [6.07, 6.45) is 3.39. The zero-order chi connectivity index (χ0) is 12.7.